The van der Waals surface area contributed by atoms with Crippen molar-refractivity contribution in [1.29, 1.82) is 0 Å². The maximum Gasteiger partial charge on any atom is 0.246 e. The Morgan fingerprint density at radius 2 is 1.79 bits per heavy atom. The lowest BCUT2D eigenvalue weighted by Gasteiger charge is -2.34. The maximum atomic E-state index is 14.2. The number of hydrogen-bond acceptors (Lipinski definition) is 5. The topological polar surface area (TPSA) is 91.0 Å². The van der Waals surface area contributed by atoms with E-state index < -0.39 is 29.6 Å². The van der Waals surface area contributed by atoms with Crippen LogP contribution in [0.5, 0.6) is 0 Å². The molecule has 5 atom stereocenters. The predicted molar refractivity (Wildman–Crippen MR) is 166 cm³/mol. The van der Waals surface area contributed by atoms with Gasteiger partial charge in [-0.3, -0.25) is 14.4 Å². The van der Waals surface area contributed by atoms with Crippen LogP contribution in [0.25, 0.3) is 0 Å². The average Bonchev–Trinajstić information content (AvgIpc) is 3.63. The monoisotopic (exact) mass is 584 g/mol. The Balaban J connectivity index is 1.21. The van der Waals surface area contributed by atoms with Gasteiger partial charge < -0.3 is 25.2 Å². The summed E-state index contributed by atoms with van der Waals surface area (Å²) in [5.74, 6) is -2.01. The van der Waals surface area contributed by atoms with Crippen LogP contribution in [0.1, 0.15) is 55.2 Å². The van der Waals surface area contributed by atoms with E-state index in [1.165, 1.54) is 12.0 Å². The molecule has 0 aromatic heterocycles. The summed E-state index contributed by atoms with van der Waals surface area (Å²) in [4.78, 5) is 46.0. The summed E-state index contributed by atoms with van der Waals surface area (Å²) in [6, 6.07) is 15.4. The Kier molecular flexibility index (Phi) is 8.42. The van der Waals surface area contributed by atoms with E-state index in [2.05, 4.69) is 34.7 Å². The van der Waals surface area contributed by atoms with Crippen LogP contribution in [0.4, 0.5) is 5.69 Å². The highest BCUT2D eigenvalue weighted by molar-refractivity contribution is 6.02. The molecule has 8 nitrogen and oxygen atoms in total. The number of anilines is 1. The quantitative estimate of drug-likeness (QED) is 0.405. The molecule has 2 saturated heterocycles. The van der Waals surface area contributed by atoms with Crippen LogP contribution >= 0.6 is 0 Å². The molecule has 43 heavy (non-hydrogen) atoms. The Morgan fingerprint density at radius 1 is 1.02 bits per heavy atom. The number of benzene rings is 2. The molecule has 3 fully saturated rings. The molecule has 1 saturated carbocycles. The van der Waals surface area contributed by atoms with Gasteiger partial charge in [-0.05, 0) is 75.5 Å². The Morgan fingerprint density at radius 3 is 2.53 bits per heavy atom. The van der Waals surface area contributed by atoms with Crippen LogP contribution in [0, 0.1) is 25.7 Å². The van der Waals surface area contributed by atoms with Gasteiger partial charge in [0.25, 0.3) is 0 Å². The number of aryl methyl sites for hydroxylation is 2. The molecule has 3 heterocycles. The van der Waals surface area contributed by atoms with Crippen LogP contribution in [0.15, 0.2) is 60.7 Å². The molecule has 2 aromatic rings. The summed E-state index contributed by atoms with van der Waals surface area (Å²) >= 11 is 0. The van der Waals surface area contributed by atoms with Crippen LogP contribution in [0.2, 0.25) is 0 Å². The minimum Gasteiger partial charge on any atom is -0.359 e. The van der Waals surface area contributed by atoms with Crippen molar-refractivity contribution in [2.45, 2.75) is 82.7 Å². The van der Waals surface area contributed by atoms with Crippen LogP contribution in [0.3, 0.4) is 0 Å². The summed E-state index contributed by atoms with van der Waals surface area (Å²) in [6.07, 6.45) is 9.23. The lowest BCUT2D eigenvalue weighted by Crippen LogP contribution is -2.56. The fraction of sp³-hybridized carbons (Fsp3) is 0.514. The Labute approximate surface area is 254 Å². The van der Waals surface area contributed by atoms with Gasteiger partial charge in [0.1, 0.15) is 11.6 Å². The molecule has 6 rings (SSSR count). The Hall–Kier alpha value is -3.49. The molecule has 8 heteroatoms. The predicted octanol–water partition coefficient (Wildman–Crippen LogP) is 4.36. The highest BCUT2D eigenvalue weighted by atomic mass is 16.5. The zero-order chi connectivity index (χ0) is 30.1. The number of carbonyl (C=O) groups is 3. The fourth-order valence-corrected chi connectivity index (χ4v) is 7.56. The number of ether oxygens (including phenoxy) is 1. The average molecular weight is 585 g/mol. The largest absolute Gasteiger partial charge is 0.359 e. The highest BCUT2D eigenvalue weighted by Crippen LogP contribution is 2.55. The van der Waals surface area contributed by atoms with Crippen LogP contribution < -0.4 is 10.6 Å². The van der Waals surface area contributed by atoms with Gasteiger partial charge in [-0.1, -0.05) is 67.8 Å². The van der Waals surface area contributed by atoms with Gasteiger partial charge in [-0.2, -0.15) is 0 Å². The minimum absolute atomic E-state index is 0.108. The first kappa shape index (κ1) is 29.6. The van der Waals surface area contributed by atoms with E-state index in [0.717, 1.165) is 49.9 Å². The Bertz CT molecular complexity index is 1390. The van der Waals surface area contributed by atoms with E-state index in [4.69, 9.17) is 4.74 Å². The van der Waals surface area contributed by atoms with Crippen molar-refractivity contribution in [2.75, 3.05) is 25.5 Å². The summed E-state index contributed by atoms with van der Waals surface area (Å²) < 4.78 is 6.52. The molecule has 2 aromatic carbocycles. The minimum atomic E-state index is -1.14. The van der Waals surface area contributed by atoms with Crippen molar-refractivity contribution in [3.63, 3.8) is 0 Å². The first-order valence-corrected chi connectivity index (χ1v) is 15.9. The summed E-state index contributed by atoms with van der Waals surface area (Å²) in [5, 5.41) is 6.31. The molecule has 1 spiro atoms. The van der Waals surface area contributed by atoms with Crippen LogP contribution in [-0.4, -0.2) is 71.4 Å². The van der Waals surface area contributed by atoms with Crippen molar-refractivity contribution in [3.8, 4) is 0 Å². The second-order valence-electron chi connectivity index (χ2n) is 12.9. The lowest BCUT2D eigenvalue weighted by molar-refractivity contribution is -0.141. The van der Waals surface area contributed by atoms with E-state index in [0.29, 0.717) is 18.7 Å². The fourth-order valence-electron chi connectivity index (χ4n) is 7.56. The van der Waals surface area contributed by atoms with Crippen molar-refractivity contribution < 1.29 is 19.1 Å². The molecule has 0 radical (unpaired) electrons. The second kappa shape index (κ2) is 12.2. The maximum absolute atomic E-state index is 14.2. The van der Waals surface area contributed by atoms with Crippen molar-refractivity contribution in [3.05, 3.63) is 77.4 Å². The zero-order valence-electron chi connectivity index (χ0n) is 25.6. The number of nitrogens with one attached hydrogen (secondary N) is 2. The third-order valence-electron chi connectivity index (χ3n) is 9.89. The number of nitrogens with zero attached hydrogens (tertiary/aromatic N) is 2. The molecule has 3 aliphatic heterocycles. The van der Waals surface area contributed by atoms with E-state index >= 15 is 0 Å². The van der Waals surface area contributed by atoms with E-state index in [9.17, 15) is 14.4 Å². The van der Waals surface area contributed by atoms with E-state index in [-0.39, 0.29) is 23.8 Å². The smallest absolute Gasteiger partial charge is 0.246 e. The molecular formula is C35H44N4O4. The van der Waals surface area contributed by atoms with Crippen molar-refractivity contribution in [1.82, 2.24) is 15.1 Å². The second-order valence-corrected chi connectivity index (χ2v) is 12.9. The van der Waals surface area contributed by atoms with Gasteiger partial charge in [0.05, 0.1) is 17.9 Å². The SMILES string of the molecule is Cc1ccc(NC(=O)[C@@H]2[C@H]3C=C[C@@]4(O3)[C@H]2C(=O)N(CCCN(C)Cc2ccccc2)[C@@H]4C(=O)NC2CCCCC2)cc1C. The molecule has 2 N–H and O–H groups in total. The van der Waals surface area contributed by atoms with Gasteiger partial charge in [-0.15, -0.1) is 0 Å². The summed E-state index contributed by atoms with van der Waals surface area (Å²) in [5.41, 5.74) is 3.02. The number of fused-ring (bicyclic) bond motifs is 1. The van der Waals surface area contributed by atoms with Crippen molar-refractivity contribution >= 4 is 23.4 Å². The molecule has 4 aliphatic rings. The number of hydrogen-bond donors (Lipinski definition) is 2. The van der Waals surface area contributed by atoms with Gasteiger partial charge in [-0.25, -0.2) is 0 Å². The lowest BCUT2D eigenvalue weighted by atomic mass is 9.74. The standard InChI is InChI=1S/C35H44N4O4/c1-23-15-16-27(21-24(23)2)37-32(40)29-28-17-18-35(43-28)30(29)34(42)39(31(35)33(41)36-26-13-8-5-9-14-26)20-10-19-38(3)22-25-11-6-4-7-12-25/h4,6-7,11-12,15-18,21,26,28-31H,5,8-10,13-14,19-20,22H2,1-3H3,(H,36,41)(H,37,40)/t28-,29-,30-,31-,35-/m1/s1. The van der Waals surface area contributed by atoms with Gasteiger partial charge >= 0.3 is 0 Å². The van der Waals surface area contributed by atoms with E-state index in [1.807, 2.05) is 62.4 Å². The third-order valence-corrected chi connectivity index (χ3v) is 9.89. The number of amides is 3. The molecule has 2 bridgehead atoms. The van der Waals surface area contributed by atoms with Crippen LogP contribution in [-0.2, 0) is 25.7 Å². The number of carbonyl (C=O) groups excluding carboxylic acids is 3. The molecule has 228 valence electrons. The highest BCUT2D eigenvalue weighted by Gasteiger charge is 2.72. The third kappa shape index (κ3) is 5.75. The van der Waals surface area contributed by atoms with Gasteiger partial charge in [0.2, 0.25) is 17.7 Å². The van der Waals surface area contributed by atoms with Gasteiger partial charge in [0, 0.05) is 24.8 Å². The normalized spacial score (nSPS) is 28.0. The molecule has 0 unspecified atom stereocenters. The van der Waals surface area contributed by atoms with E-state index in [1.54, 1.807) is 4.90 Å². The summed E-state index contributed by atoms with van der Waals surface area (Å²) in [6.45, 7) is 6.04. The summed E-state index contributed by atoms with van der Waals surface area (Å²) in [7, 11) is 2.07. The van der Waals surface area contributed by atoms with Gasteiger partial charge in [0.15, 0.2) is 0 Å². The first-order chi connectivity index (χ1) is 20.8. The molecule has 1 aliphatic carbocycles. The number of likely N-dealkylation sites (tertiary alicyclic amines) is 1. The number of rotatable bonds is 10. The zero-order valence-corrected chi connectivity index (χ0v) is 25.6. The molecular weight excluding hydrogens is 540 g/mol. The first-order valence-electron chi connectivity index (χ1n) is 15.9. The molecule has 3 amide bonds. The van der Waals surface area contributed by atoms with Crippen molar-refractivity contribution in [2.24, 2.45) is 11.8 Å².